The number of rotatable bonds is 10. The second-order valence-corrected chi connectivity index (χ2v) is 11.3. The van der Waals surface area contributed by atoms with Crippen LogP contribution in [0.3, 0.4) is 0 Å². The predicted octanol–water partition coefficient (Wildman–Crippen LogP) is 6.55. The van der Waals surface area contributed by atoms with E-state index in [1.54, 1.807) is 0 Å². The van der Waals surface area contributed by atoms with E-state index >= 15 is 0 Å². The Balaban J connectivity index is 1.33. The molecule has 0 amide bonds. The Morgan fingerprint density at radius 1 is 0.975 bits per heavy atom. The summed E-state index contributed by atoms with van der Waals surface area (Å²) in [7, 11) is 0. The molecule has 7 nitrogen and oxygen atoms in total. The van der Waals surface area contributed by atoms with Crippen LogP contribution >= 0.6 is 0 Å². The fraction of sp³-hybridized carbons (Fsp3) is 0.633. The van der Waals surface area contributed by atoms with Crippen LogP contribution in [0.25, 0.3) is 11.5 Å². The Morgan fingerprint density at radius 2 is 1.65 bits per heavy atom. The first-order chi connectivity index (χ1) is 19.1. The first-order valence-corrected chi connectivity index (χ1v) is 14.3. The summed E-state index contributed by atoms with van der Waals surface area (Å²) in [6.45, 7) is 5.05. The number of carbonyl (C=O) groups is 2. The standard InChI is InChI=1S/C30H39F3N2O5/c1-20-11-13-24(14-12-20)28-34-26(21(2)39-28)19-38-25-10-6-9-23(15-25)17-35(16-22-7-4-3-5-8-22)18-27(36)40-29(37)30(31,32)33/h11-14,22-23,25H,3-10,15-19H2,1-2H3. The summed E-state index contributed by atoms with van der Waals surface area (Å²) in [5.41, 5.74) is 2.83. The van der Waals surface area contributed by atoms with Crippen molar-refractivity contribution in [1.29, 1.82) is 0 Å². The SMILES string of the molecule is Cc1ccc(-c2nc(COC3CCCC(CN(CC(=O)OC(=O)C(F)(F)F)CC4CCCCC4)C3)c(C)o2)cc1. The Morgan fingerprint density at radius 3 is 2.35 bits per heavy atom. The summed E-state index contributed by atoms with van der Waals surface area (Å²) < 4.78 is 54.0. The van der Waals surface area contributed by atoms with Crippen molar-refractivity contribution in [2.75, 3.05) is 19.6 Å². The van der Waals surface area contributed by atoms with E-state index in [4.69, 9.17) is 9.15 Å². The summed E-state index contributed by atoms with van der Waals surface area (Å²) >= 11 is 0. The molecule has 40 heavy (non-hydrogen) atoms. The molecule has 0 aliphatic heterocycles. The van der Waals surface area contributed by atoms with Crippen LogP contribution in [0.2, 0.25) is 0 Å². The molecule has 0 N–H and O–H groups in total. The fourth-order valence-corrected chi connectivity index (χ4v) is 5.82. The Labute approximate surface area is 233 Å². The molecule has 2 atom stereocenters. The molecule has 2 saturated carbocycles. The molecular weight excluding hydrogens is 525 g/mol. The van der Waals surface area contributed by atoms with Crippen LogP contribution in [0.15, 0.2) is 28.7 Å². The van der Waals surface area contributed by atoms with Crippen LogP contribution in [0, 0.1) is 25.7 Å². The second kappa shape index (κ2) is 13.8. The van der Waals surface area contributed by atoms with Gasteiger partial charge in [-0.15, -0.1) is 0 Å². The van der Waals surface area contributed by atoms with Gasteiger partial charge in [0.25, 0.3) is 0 Å². The number of nitrogens with zero attached hydrogens (tertiary/aromatic N) is 2. The Bertz CT molecular complexity index is 1130. The minimum absolute atomic E-state index is 0.00737. The minimum atomic E-state index is -5.19. The van der Waals surface area contributed by atoms with Crippen LogP contribution in [0.5, 0.6) is 0 Å². The summed E-state index contributed by atoms with van der Waals surface area (Å²) in [6.07, 6.45) is 3.86. The van der Waals surface area contributed by atoms with Gasteiger partial charge in [-0.1, -0.05) is 43.4 Å². The van der Waals surface area contributed by atoms with Gasteiger partial charge in [0.1, 0.15) is 11.5 Å². The number of aromatic nitrogens is 1. The normalized spacial score (nSPS) is 20.6. The molecule has 10 heteroatoms. The predicted molar refractivity (Wildman–Crippen MR) is 142 cm³/mol. The molecule has 0 radical (unpaired) electrons. The van der Waals surface area contributed by atoms with Crippen LogP contribution in [-0.2, 0) is 25.7 Å². The van der Waals surface area contributed by atoms with Gasteiger partial charge in [-0.3, -0.25) is 9.69 Å². The Kier molecular flexibility index (Phi) is 10.4. The average Bonchev–Trinajstić information content (AvgIpc) is 3.28. The van der Waals surface area contributed by atoms with E-state index in [2.05, 4.69) is 9.72 Å². The summed E-state index contributed by atoms with van der Waals surface area (Å²) in [4.78, 5) is 29.9. The maximum Gasteiger partial charge on any atom is 0.491 e. The van der Waals surface area contributed by atoms with E-state index in [0.717, 1.165) is 68.2 Å². The molecular formula is C30H39F3N2O5. The van der Waals surface area contributed by atoms with Crippen molar-refractivity contribution in [2.24, 2.45) is 11.8 Å². The molecule has 1 aromatic carbocycles. The maximum atomic E-state index is 12.6. The van der Waals surface area contributed by atoms with E-state index < -0.39 is 18.1 Å². The molecule has 1 heterocycles. The second-order valence-electron chi connectivity index (χ2n) is 11.3. The highest BCUT2D eigenvalue weighted by Gasteiger charge is 2.42. The highest BCUT2D eigenvalue weighted by Crippen LogP contribution is 2.31. The van der Waals surface area contributed by atoms with Gasteiger partial charge in [0.05, 0.1) is 19.3 Å². The fourth-order valence-electron chi connectivity index (χ4n) is 5.82. The lowest BCUT2D eigenvalue weighted by Crippen LogP contribution is -2.41. The lowest BCUT2D eigenvalue weighted by atomic mass is 9.85. The molecule has 2 fully saturated rings. The van der Waals surface area contributed by atoms with Crippen molar-refractivity contribution in [3.05, 3.63) is 41.3 Å². The van der Waals surface area contributed by atoms with Crippen molar-refractivity contribution in [1.82, 2.24) is 9.88 Å². The summed E-state index contributed by atoms with van der Waals surface area (Å²) in [6, 6.07) is 7.98. The average molecular weight is 565 g/mol. The maximum absolute atomic E-state index is 12.6. The third-order valence-electron chi connectivity index (χ3n) is 7.93. The van der Waals surface area contributed by atoms with E-state index in [1.165, 1.54) is 6.42 Å². The number of halogens is 3. The smallest absolute Gasteiger partial charge is 0.441 e. The quantitative estimate of drug-likeness (QED) is 0.239. The molecule has 2 aliphatic carbocycles. The van der Waals surface area contributed by atoms with Gasteiger partial charge in [-0.05, 0) is 69.9 Å². The topological polar surface area (TPSA) is 81.9 Å². The van der Waals surface area contributed by atoms with Gasteiger partial charge in [0.15, 0.2) is 0 Å². The van der Waals surface area contributed by atoms with Gasteiger partial charge in [-0.2, -0.15) is 13.2 Å². The molecule has 0 spiro atoms. The molecule has 2 aromatic rings. The highest BCUT2D eigenvalue weighted by molar-refractivity contribution is 5.89. The van der Waals surface area contributed by atoms with E-state index in [1.807, 2.05) is 43.0 Å². The largest absolute Gasteiger partial charge is 0.491 e. The number of hydrogen-bond acceptors (Lipinski definition) is 7. The molecule has 4 rings (SSSR count). The molecule has 0 saturated heterocycles. The van der Waals surface area contributed by atoms with Crippen molar-refractivity contribution >= 4 is 11.9 Å². The third kappa shape index (κ3) is 8.89. The minimum Gasteiger partial charge on any atom is -0.441 e. The molecule has 1 aromatic heterocycles. The van der Waals surface area contributed by atoms with Crippen molar-refractivity contribution in [3.8, 4) is 11.5 Å². The number of esters is 2. The van der Waals surface area contributed by atoms with Crippen LogP contribution in [0.4, 0.5) is 13.2 Å². The van der Waals surface area contributed by atoms with Crippen molar-refractivity contribution in [2.45, 2.75) is 90.5 Å². The van der Waals surface area contributed by atoms with Crippen LogP contribution in [0.1, 0.15) is 74.8 Å². The number of oxazole rings is 1. The van der Waals surface area contributed by atoms with Gasteiger partial charge >= 0.3 is 18.1 Å². The van der Waals surface area contributed by atoms with Crippen LogP contribution in [-0.4, -0.2) is 53.7 Å². The molecule has 2 aliphatic rings. The number of hydrogen-bond donors (Lipinski definition) is 0. The monoisotopic (exact) mass is 564 g/mol. The number of carbonyl (C=O) groups excluding carboxylic acids is 2. The highest BCUT2D eigenvalue weighted by atomic mass is 19.4. The lowest BCUT2D eigenvalue weighted by molar-refractivity contribution is -0.202. The summed E-state index contributed by atoms with van der Waals surface area (Å²) in [5, 5.41) is 0. The van der Waals surface area contributed by atoms with E-state index in [-0.39, 0.29) is 18.6 Å². The zero-order chi connectivity index (χ0) is 28.7. The number of benzene rings is 1. The summed E-state index contributed by atoms with van der Waals surface area (Å²) in [5.74, 6) is -1.74. The number of ether oxygens (including phenoxy) is 2. The van der Waals surface area contributed by atoms with E-state index in [0.29, 0.717) is 37.3 Å². The number of aryl methyl sites for hydroxylation is 2. The van der Waals surface area contributed by atoms with Gasteiger partial charge < -0.3 is 13.9 Å². The zero-order valence-electron chi connectivity index (χ0n) is 23.3. The number of alkyl halides is 3. The van der Waals surface area contributed by atoms with Crippen molar-refractivity contribution < 1.29 is 36.7 Å². The molecule has 0 bridgehead atoms. The van der Waals surface area contributed by atoms with Gasteiger partial charge in [0, 0.05) is 18.7 Å². The zero-order valence-corrected chi connectivity index (χ0v) is 23.3. The van der Waals surface area contributed by atoms with Gasteiger partial charge in [0.2, 0.25) is 5.89 Å². The third-order valence-corrected chi connectivity index (χ3v) is 7.93. The molecule has 220 valence electrons. The van der Waals surface area contributed by atoms with Crippen LogP contribution < -0.4 is 0 Å². The van der Waals surface area contributed by atoms with E-state index in [9.17, 15) is 22.8 Å². The first-order valence-electron chi connectivity index (χ1n) is 14.3. The van der Waals surface area contributed by atoms with Gasteiger partial charge in [-0.25, -0.2) is 9.78 Å². The first kappa shape index (κ1) is 30.2. The molecule has 2 unspecified atom stereocenters. The van der Waals surface area contributed by atoms with Crippen molar-refractivity contribution in [3.63, 3.8) is 0 Å². The Hall–Kier alpha value is -2.72. The lowest BCUT2D eigenvalue weighted by Gasteiger charge is -2.35.